The van der Waals surface area contributed by atoms with Gasteiger partial charge in [0.25, 0.3) is 5.56 Å². The maximum absolute atomic E-state index is 14.5. The molecule has 9 rings (SSSR count). The lowest BCUT2D eigenvalue weighted by atomic mass is 9.43. The SMILES string of the molecule is C=CC[C@H](NC(=O)[C@@H]1C[C@@H](CCCc2cccc3ccccc23)c2c(Cl)nc(NCc3cccc(OC)c3)c(=O)n21)B1OC2CC3CC(C3(C)C)[C@@]2(C)O1. The van der Waals surface area contributed by atoms with Gasteiger partial charge in [-0.2, -0.15) is 0 Å². The van der Waals surface area contributed by atoms with E-state index >= 15 is 0 Å². The minimum Gasteiger partial charge on any atom is -0.497 e. The van der Waals surface area contributed by atoms with Crippen molar-refractivity contribution in [2.75, 3.05) is 12.4 Å². The molecule has 0 radical (unpaired) electrons. The van der Waals surface area contributed by atoms with Gasteiger partial charge in [-0.25, -0.2) is 4.98 Å². The highest BCUT2D eigenvalue weighted by Gasteiger charge is 2.68. The summed E-state index contributed by atoms with van der Waals surface area (Å²) in [6, 6.07) is 21.6. The van der Waals surface area contributed by atoms with Crippen LogP contribution in [0.1, 0.15) is 88.1 Å². The summed E-state index contributed by atoms with van der Waals surface area (Å²) in [5.41, 5.74) is 2.21. The van der Waals surface area contributed by atoms with Gasteiger partial charge >= 0.3 is 7.12 Å². The van der Waals surface area contributed by atoms with E-state index in [1.807, 2.05) is 24.3 Å². The number of ether oxygens (including phenoxy) is 1. The molecule has 3 aliphatic carbocycles. The smallest absolute Gasteiger partial charge is 0.482 e. The quantitative estimate of drug-likeness (QED) is 0.105. The Kier molecular flexibility index (Phi) is 9.90. The zero-order chi connectivity index (χ0) is 37.8. The van der Waals surface area contributed by atoms with Crippen LogP contribution in [0.5, 0.6) is 5.75 Å². The van der Waals surface area contributed by atoms with Crippen LogP contribution in [0.25, 0.3) is 10.8 Å². The van der Waals surface area contributed by atoms with Gasteiger partial charge in [0.1, 0.15) is 11.8 Å². The molecule has 0 spiro atoms. The number of carbonyl (C=O) groups excluding carboxylic acids is 1. The fraction of sp³-hybridized carbons (Fsp3) is 0.465. The van der Waals surface area contributed by atoms with E-state index in [0.717, 1.165) is 37.7 Å². The Morgan fingerprint density at radius 2 is 1.93 bits per heavy atom. The molecule has 3 aromatic carbocycles. The second kappa shape index (κ2) is 14.5. The van der Waals surface area contributed by atoms with E-state index < -0.39 is 24.7 Å². The Morgan fingerprint density at radius 1 is 1.13 bits per heavy atom. The lowest BCUT2D eigenvalue weighted by molar-refractivity contribution is -0.199. The highest BCUT2D eigenvalue weighted by Crippen LogP contribution is 2.65. The number of halogens is 1. The number of nitrogens with one attached hydrogen (secondary N) is 2. The number of anilines is 1. The molecule has 2 aliphatic heterocycles. The summed E-state index contributed by atoms with van der Waals surface area (Å²) in [5.74, 6) is 0.955. The third-order valence-electron chi connectivity index (χ3n) is 13.1. The van der Waals surface area contributed by atoms with Gasteiger partial charge in [0, 0.05) is 12.5 Å². The lowest BCUT2D eigenvalue weighted by Gasteiger charge is -2.64. The molecular formula is C43H50BClN4O5. The molecule has 2 bridgehead atoms. The first-order valence-corrected chi connectivity index (χ1v) is 19.8. The number of aryl methyl sites for hydroxylation is 1. The number of hydrogen-bond acceptors (Lipinski definition) is 7. The summed E-state index contributed by atoms with van der Waals surface area (Å²) in [6.45, 7) is 11.2. The van der Waals surface area contributed by atoms with Crippen LogP contribution in [0.3, 0.4) is 0 Å². The maximum Gasteiger partial charge on any atom is 0.482 e. The van der Waals surface area contributed by atoms with Crippen molar-refractivity contribution in [3.63, 3.8) is 0 Å². The van der Waals surface area contributed by atoms with E-state index in [1.165, 1.54) is 16.3 Å². The molecule has 282 valence electrons. The normalized spacial score (nSPS) is 26.8. The Balaban J connectivity index is 1.05. The van der Waals surface area contributed by atoms with E-state index in [0.29, 0.717) is 42.7 Å². The minimum absolute atomic E-state index is 0.0208. The molecule has 3 heterocycles. The van der Waals surface area contributed by atoms with E-state index in [-0.39, 0.29) is 39.9 Å². The monoisotopic (exact) mass is 748 g/mol. The molecule has 2 N–H and O–H groups in total. The number of rotatable bonds is 13. The average molecular weight is 749 g/mol. The van der Waals surface area contributed by atoms with Gasteiger partial charge in [-0.3, -0.25) is 14.2 Å². The van der Waals surface area contributed by atoms with Crippen molar-refractivity contribution in [3.8, 4) is 5.75 Å². The summed E-state index contributed by atoms with van der Waals surface area (Å²) < 4.78 is 20.4. The predicted octanol–water partition coefficient (Wildman–Crippen LogP) is 8.05. The van der Waals surface area contributed by atoms with Crippen LogP contribution in [0.15, 0.2) is 84.2 Å². The van der Waals surface area contributed by atoms with E-state index in [1.54, 1.807) is 17.8 Å². The molecule has 11 heteroatoms. The summed E-state index contributed by atoms with van der Waals surface area (Å²) in [5, 5.41) is 9.14. The first-order valence-electron chi connectivity index (χ1n) is 19.4. The molecule has 54 heavy (non-hydrogen) atoms. The van der Waals surface area contributed by atoms with Crippen LogP contribution in [0, 0.1) is 17.3 Å². The van der Waals surface area contributed by atoms with E-state index in [9.17, 15) is 9.59 Å². The fourth-order valence-electron chi connectivity index (χ4n) is 10.1. The number of amides is 1. The molecule has 3 unspecified atom stereocenters. The number of methoxy groups -OCH3 is 1. The van der Waals surface area contributed by atoms with Crippen LogP contribution < -0.4 is 20.9 Å². The van der Waals surface area contributed by atoms with Crippen LogP contribution in [-0.2, 0) is 27.1 Å². The van der Waals surface area contributed by atoms with Crippen molar-refractivity contribution in [3.05, 3.63) is 112 Å². The lowest BCUT2D eigenvalue weighted by Crippen LogP contribution is -2.65. The van der Waals surface area contributed by atoms with Gasteiger partial charge in [-0.1, -0.05) is 86.1 Å². The molecule has 4 aromatic rings. The Bertz CT molecular complexity index is 2140. The number of carbonyl (C=O) groups is 1. The topological polar surface area (TPSA) is 104 Å². The molecule has 5 aliphatic rings. The second-order valence-corrected chi connectivity index (χ2v) is 16.8. The number of fused-ring (bicyclic) bond motifs is 2. The Labute approximate surface area is 323 Å². The zero-order valence-corrected chi connectivity index (χ0v) is 32.4. The van der Waals surface area contributed by atoms with Gasteiger partial charge in [-0.15, -0.1) is 6.58 Å². The first-order chi connectivity index (χ1) is 26.0. The molecule has 9 nitrogen and oxygen atoms in total. The molecule has 4 fully saturated rings. The van der Waals surface area contributed by atoms with Crippen molar-refractivity contribution in [1.82, 2.24) is 14.9 Å². The molecule has 1 aromatic heterocycles. The highest BCUT2D eigenvalue weighted by atomic mass is 35.5. The van der Waals surface area contributed by atoms with Crippen molar-refractivity contribution in [2.45, 2.75) is 102 Å². The van der Waals surface area contributed by atoms with Crippen LogP contribution in [0.2, 0.25) is 5.15 Å². The van der Waals surface area contributed by atoms with Crippen molar-refractivity contribution in [1.29, 1.82) is 0 Å². The number of hydrogen-bond donors (Lipinski definition) is 2. The average Bonchev–Trinajstić information content (AvgIpc) is 3.74. The van der Waals surface area contributed by atoms with Crippen molar-refractivity contribution in [2.24, 2.45) is 17.3 Å². The molecule has 3 saturated carbocycles. The van der Waals surface area contributed by atoms with Crippen LogP contribution in [0.4, 0.5) is 5.82 Å². The third-order valence-corrected chi connectivity index (χ3v) is 13.4. The summed E-state index contributed by atoms with van der Waals surface area (Å²) in [6.07, 6.45) is 7.22. The molecule has 1 saturated heterocycles. The van der Waals surface area contributed by atoms with Gasteiger partial charge < -0.3 is 24.7 Å². The predicted molar refractivity (Wildman–Crippen MR) is 214 cm³/mol. The summed E-state index contributed by atoms with van der Waals surface area (Å²) in [7, 11) is 0.998. The minimum atomic E-state index is -0.786. The first kappa shape index (κ1) is 36.8. The largest absolute Gasteiger partial charge is 0.497 e. The number of aromatic nitrogens is 2. The number of nitrogens with zero attached hydrogens (tertiary/aromatic N) is 2. The second-order valence-electron chi connectivity index (χ2n) is 16.5. The van der Waals surface area contributed by atoms with E-state index in [2.05, 4.69) is 85.4 Å². The molecular weight excluding hydrogens is 699 g/mol. The Hall–Kier alpha value is -4.12. The standard InChI is InChI=1S/C43H50BClN4O5/c1-6-12-36(44-53-35-24-30-23-34(42(30,2)3)43(35,4)54-44)47-40(50)33-22-29(18-11-17-28-16-10-15-27-14-7-8-20-32(27)28)37-38(45)48-39(41(51)49(33)37)46-25-26-13-9-19-31(21-26)52-5/h6-10,13-16,19-21,29-30,33-36H,1,11-12,17-18,22-25H2,2-5H3,(H,46,48)(H,47,50)/t29-,30?,33+,34?,35?,36+,43-/m1/s1. The number of benzene rings is 3. The Morgan fingerprint density at radius 3 is 2.72 bits per heavy atom. The van der Waals surface area contributed by atoms with Gasteiger partial charge in [0.15, 0.2) is 11.0 Å². The van der Waals surface area contributed by atoms with Crippen LogP contribution in [-0.4, -0.2) is 47.3 Å². The van der Waals surface area contributed by atoms with Gasteiger partial charge in [0.05, 0.1) is 30.4 Å². The van der Waals surface area contributed by atoms with Crippen LogP contribution >= 0.6 is 11.6 Å². The fourth-order valence-corrected chi connectivity index (χ4v) is 10.4. The van der Waals surface area contributed by atoms with Gasteiger partial charge in [-0.05, 0) is 103 Å². The zero-order valence-electron chi connectivity index (χ0n) is 31.6. The summed E-state index contributed by atoms with van der Waals surface area (Å²) >= 11 is 6.98. The summed E-state index contributed by atoms with van der Waals surface area (Å²) in [4.78, 5) is 33.5. The third kappa shape index (κ3) is 6.44. The van der Waals surface area contributed by atoms with Crippen molar-refractivity contribution >= 4 is 41.2 Å². The molecule has 7 atom stereocenters. The van der Waals surface area contributed by atoms with Crippen molar-refractivity contribution < 1.29 is 18.8 Å². The van der Waals surface area contributed by atoms with Gasteiger partial charge in [0.2, 0.25) is 5.91 Å². The molecule has 1 amide bonds. The van der Waals surface area contributed by atoms with E-state index in [4.69, 9.17) is 25.6 Å². The maximum atomic E-state index is 14.5. The highest BCUT2D eigenvalue weighted by molar-refractivity contribution is 6.48.